The van der Waals surface area contributed by atoms with E-state index in [0.717, 1.165) is 19.5 Å². The molecular weight excluding hydrogens is 446 g/mol. The minimum Gasteiger partial charge on any atom is -0.372 e. The van der Waals surface area contributed by atoms with Crippen molar-refractivity contribution in [2.24, 2.45) is 0 Å². The lowest BCUT2D eigenvalue weighted by atomic mass is 9.66. The van der Waals surface area contributed by atoms with Crippen molar-refractivity contribution in [2.75, 3.05) is 18.0 Å². The first-order chi connectivity index (χ1) is 18.3. The molecule has 0 bridgehead atoms. The number of anilines is 1. The maximum absolute atomic E-state index is 2.59. The van der Waals surface area contributed by atoms with Crippen molar-refractivity contribution >= 4 is 16.5 Å². The molecule has 5 aromatic carbocycles. The number of unbranched alkanes of at least 4 members (excludes halogenated alkanes) is 1. The fourth-order valence-electron chi connectivity index (χ4n) is 6.44. The first-order valence-corrected chi connectivity index (χ1v) is 13.8. The topological polar surface area (TPSA) is 3.24 Å². The van der Waals surface area contributed by atoms with Gasteiger partial charge in [0.05, 0.1) is 5.41 Å². The molecule has 1 heteroatoms. The van der Waals surface area contributed by atoms with Crippen molar-refractivity contribution in [2.45, 2.75) is 38.5 Å². The summed E-state index contributed by atoms with van der Waals surface area (Å²) in [6.45, 7) is 6.75. The van der Waals surface area contributed by atoms with Crippen LogP contribution >= 0.6 is 0 Å². The zero-order chi connectivity index (χ0) is 25.2. The molecule has 0 saturated carbocycles. The Balaban J connectivity index is 1.72. The van der Waals surface area contributed by atoms with Gasteiger partial charge in [-0.15, -0.1) is 0 Å². The van der Waals surface area contributed by atoms with E-state index >= 15 is 0 Å². The van der Waals surface area contributed by atoms with Crippen LogP contribution in [-0.4, -0.2) is 13.1 Å². The first kappa shape index (κ1) is 23.6. The van der Waals surface area contributed by atoms with Crippen molar-refractivity contribution in [1.29, 1.82) is 0 Å². The van der Waals surface area contributed by atoms with E-state index in [9.17, 15) is 0 Å². The van der Waals surface area contributed by atoms with Gasteiger partial charge in [0.15, 0.2) is 0 Å². The van der Waals surface area contributed by atoms with Gasteiger partial charge in [-0.25, -0.2) is 0 Å². The van der Waals surface area contributed by atoms with Gasteiger partial charge in [0, 0.05) is 18.8 Å². The molecule has 0 aliphatic heterocycles. The predicted molar refractivity (Wildman–Crippen MR) is 159 cm³/mol. The van der Waals surface area contributed by atoms with E-state index in [1.165, 1.54) is 62.7 Å². The molecule has 0 amide bonds. The molecule has 0 atom stereocenters. The number of hydrogen-bond acceptors (Lipinski definition) is 1. The highest BCUT2D eigenvalue weighted by Gasteiger charge is 2.47. The van der Waals surface area contributed by atoms with Crippen molar-refractivity contribution in [1.82, 2.24) is 0 Å². The Morgan fingerprint density at radius 2 is 1.24 bits per heavy atom. The van der Waals surface area contributed by atoms with Gasteiger partial charge in [0.25, 0.3) is 0 Å². The summed E-state index contributed by atoms with van der Waals surface area (Å²) in [4.78, 5) is 2.59. The van der Waals surface area contributed by atoms with Crippen LogP contribution in [0.1, 0.15) is 55.4 Å². The third kappa shape index (κ3) is 3.76. The lowest BCUT2D eigenvalue weighted by Gasteiger charge is -2.35. The van der Waals surface area contributed by atoms with Crippen LogP contribution in [0.2, 0.25) is 0 Å². The van der Waals surface area contributed by atoms with Gasteiger partial charge in [-0.3, -0.25) is 0 Å². The normalized spacial score (nSPS) is 13.4. The van der Waals surface area contributed by atoms with E-state index in [1.54, 1.807) is 0 Å². The highest BCUT2D eigenvalue weighted by Crippen LogP contribution is 2.58. The maximum atomic E-state index is 2.59. The predicted octanol–water partition coefficient (Wildman–Crippen LogP) is 9.22. The average Bonchev–Trinajstić information content (AvgIpc) is 3.27. The highest BCUT2D eigenvalue weighted by molar-refractivity contribution is 6.00. The summed E-state index contributed by atoms with van der Waals surface area (Å²) in [7, 11) is 0. The highest BCUT2D eigenvalue weighted by atomic mass is 15.1. The van der Waals surface area contributed by atoms with Gasteiger partial charge in [0.1, 0.15) is 0 Å². The molecule has 184 valence electrons. The lowest BCUT2D eigenvalue weighted by Crippen LogP contribution is -2.30. The monoisotopic (exact) mass is 481 g/mol. The molecule has 37 heavy (non-hydrogen) atoms. The van der Waals surface area contributed by atoms with Crippen molar-refractivity contribution < 1.29 is 0 Å². The van der Waals surface area contributed by atoms with E-state index in [0.29, 0.717) is 0 Å². The average molecular weight is 482 g/mol. The Morgan fingerprint density at radius 1 is 0.595 bits per heavy atom. The molecule has 0 spiro atoms. The molecule has 6 rings (SSSR count). The summed E-state index contributed by atoms with van der Waals surface area (Å²) < 4.78 is 0. The molecule has 0 heterocycles. The Morgan fingerprint density at radius 3 is 1.92 bits per heavy atom. The largest absolute Gasteiger partial charge is 0.372 e. The van der Waals surface area contributed by atoms with Crippen molar-refractivity contribution in [3.05, 3.63) is 138 Å². The smallest absolute Gasteiger partial charge is 0.0720 e. The molecule has 0 fully saturated rings. The summed E-state index contributed by atoms with van der Waals surface area (Å²) in [6, 6.07) is 43.1. The Kier molecular flexibility index (Phi) is 6.30. The van der Waals surface area contributed by atoms with Crippen LogP contribution in [-0.2, 0) is 5.41 Å². The standard InChI is InChI=1S/C36H35N/c1-3-5-25-37(24-4-2)30-21-23-32-33-22-20-27-14-12-13-19-31(27)35(33)36(34(32)26-30,28-15-8-6-9-16-28)29-17-10-7-11-18-29/h6-23,26H,3-5,24-25H2,1-2H3. The Bertz CT molecular complexity index is 1480. The summed E-state index contributed by atoms with van der Waals surface area (Å²) in [6.07, 6.45) is 3.57. The van der Waals surface area contributed by atoms with Crippen LogP contribution in [0.3, 0.4) is 0 Å². The van der Waals surface area contributed by atoms with Crippen molar-refractivity contribution in [3.8, 4) is 11.1 Å². The van der Waals surface area contributed by atoms with Crippen LogP contribution < -0.4 is 4.90 Å². The molecule has 5 aromatic rings. The van der Waals surface area contributed by atoms with E-state index in [1.807, 2.05) is 0 Å². The second kappa shape index (κ2) is 9.90. The second-order valence-corrected chi connectivity index (χ2v) is 10.3. The number of hydrogen-bond donors (Lipinski definition) is 0. The van der Waals surface area contributed by atoms with Gasteiger partial charge in [-0.05, 0) is 69.1 Å². The van der Waals surface area contributed by atoms with Gasteiger partial charge >= 0.3 is 0 Å². The molecule has 0 N–H and O–H groups in total. The summed E-state index contributed by atoms with van der Waals surface area (Å²) in [5, 5.41) is 2.63. The fourth-order valence-corrected chi connectivity index (χ4v) is 6.44. The Hall–Kier alpha value is -3.84. The fraction of sp³-hybridized carbons (Fsp3) is 0.222. The van der Waals surface area contributed by atoms with Crippen LogP contribution in [0.5, 0.6) is 0 Å². The van der Waals surface area contributed by atoms with E-state index < -0.39 is 0 Å². The maximum Gasteiger partial charge on any atom is 0.0720 e. The van der Waals surface area contributed by atoms with Crippen LogP contribution in [0.15, 0.2) is 115 Å². The first-order valence-electron chi connectivity index (χ1n) is 13.8. The quantitative estimate of drug-likeness (QED) is 0.209. The molecule has 0 aromatic heterocycles. The number of fused-ring (bicyclic) bond motifs is 5. The van der Waals surface area contributed by atoms with Gasteiger partial charge in [-0.2, -0.15) is 0 Å². The third-order valence-corrected chi connectivity index (χ3v) is 8.06. The molecule has 0 saturated heterocycles. The summed E-state index contributed by atoms with van der Waals surface area (Å²) in [5.41, 5.74) is 9.11. The van der Waals surface area contributed by atoms with Crippen LogP contribution in [0.25, 0.3) is 21.9 Å². The van der Waals surface area contributed by atoms with E-state index in [4.69, 9.17) is 0 Å². The molecule has 1 aliphatic rings. The molecule has 1 aliphatic carbocycles. The van der Waals surface area contributed by atoms with E-state index in [-0.39, 0.29) is 5.41 Å². The molecule has 1 nitrogen and oxygen atoms in total. The molecule has 0 radical (unpaired) electrons. The van der Waals surface area contributed by atoms with Gasteiger partial charge in [-0.1, -0.05) is 123 Å². The van der Waals surface area contributed by atoms with Crippen LogP contribution in [0, 0.1) is 0 Å². The zero-order valence-electron chi connectivity index (χ0n) is 22.0. The minimum absolute atomic E-state index is 0.382. The van der Waals surface area contributed by atoms with Crippen LogP contribution in [0.4, 0.5) is 5.69 Å². The molecule has 0 unspecified atom stereocenters. The Labute approximate surface area is 221 Å². The second-order valence-electron chi connectivity index (χ2n) is 10.3. The van der Waals surface area contributed by atoms with Gasteiger partial charge < -0.3 is 4.90 Å². The van der Waals surface area contributed by atoms with Gasteiger partial charge in [0.2, 0.25) is 0 Å². The SMILES string of the molecule is CCCCN(CCC)c1ccc2c(c1)C(c1ccccc1)(c1ccccc1)c1c-2ccc2ccccc12. The number of rotatable bonds is 8. The number of nitrogens with zero attached hydrogens (tertiary/aromatic N) is 1. The van der Waals surface area contributed by atoms with E-state index in [2.05, 4.69) is 134 Å². The number of benzene rings is 5. The van der Waals surface area contributed by atoms with Crippen molar-refractivity contribution in [3.63, 3.8) is 0 Å². The molecular formula is C36H35N. The summed E-state index contributed by atoms with van der Waals surface area (Å²) >= 11 is 0. The third-order valence-electron chi connectivity index (χ3n) is 8.06. The minimum atomic E-state index is -0.382. The lowest BCUT2D eigenvalue weighted by molar-refractivity contribution is 0.702. The summed E-state index contributed by atoms with van der Waals surface area (Å²) in [5.74, 6) is 0. The zero-order valence-corrected chi connectivity index (χ0v) is 22.0.